The van der Waals surface area contributed by atoms with Gasteiger partial charge in [-0.15, -0.1) is 0 Å². The first-order chi connectivity index (χ1) is 10.0. The maximum Gasteiger partial charge on any atom is 0.325 e. The lowest BCUT2D eigenvalue weighted by Gasteiger charge is -2.02. The number of hydrogen-bond acceptors (Lipinski definition) is 4. The van der Waals surface area contributed by atoms with Crippen molar-refractivity contribution >= 4 is 18.1 Å². The van der Waals surface area contributed by atoms with E-state index < -0.39 is 6.03 Å². The lowest BCUT2D eigenvalue weighted by atomic mass is 10.3. The third-order valence-electron chi connectivity index (χ3n) is 2.12. The van der Waals surface area contributed by atoms with Crippen LogP contribution < -0.4 is 10.6 Å². The SMILES string of the molecule is O=CNC(=O)Nc1ccc(F)cc1.Oc1cccc(O)c1. The molecule has 0 aliphatic carbocycles. The molecule has 0 aromatic heterocycles. The van der Waals surface area contributed by atoms with Crippen molar-refractivity contribution in [1.82, 2.24) is 5.32 Å². The Kier molecular flexibility index (Phi) is 6.20. The van der Waals surface area contributed by atoms with Gasteiger partial charge in [-0.3, -0.25) is 10.1 Å². The van der Waals surface area contributed by atoms with Crippen molar-refractivity contribution < 1.29 is 24.2 Å². The number of phenolic OH excluding ortho intramolecular Hbond substituents is 2. The number of aromatic hydroxyl groups is 2. The normalized spacial score (nSPS) is 9.00. The summed E-state index contributed by atoms with van der Waals surface area (Å²) in [6.07, 6.45) is 0.263. The van der Waals surface area contributed by atoms with Crippen molar-refractivity contribution in [3.63, 3.8) is 0 Å². The zero-order valence-corrected chi connectivity index (χ0v) is 10.8. The molecule has 110 valence electrons. The Hall–Kier alpha value is -3.09. The van der Waals surface area contributed by atoms with Gasteiger partial charge in [0, 0.05) is 11.8 Å². The van der Waals surface area contributed by atoms with Gasteiger partial charge in [-0.25, -0.2) is 9.18 Å². The monoisotopic (exact) mass is 292 g/mol. The molecule has 0 radical (unpaired) electrons. The molecule has 2 aromatic rings. The van der Waals surface area contributed by atoms with E-state index in [0.717, 1.165) is 0 Å². The molecule has 0 saturated heterocycles. The maximum atomic E-state index is 12.4. The van der Waals surface area contributed by atoms with Gasteiger partial charge in [0.2, 0.25) is 6.41 Å². The van der Waals surface area contributed by atoms with Gasteiger partial charge in [0.1, 0.15) is 17.3 Å². The van der Waals surface area contributed by atoms with E-state index in [1.165, 1.54) is 42.5 Å². The lowest BCUT2D eigenvalue weighted by Crippen LogP contribution is -2.26. The van der Waals surface area contributed by atoms with Gasteiger partial charge in [0.15, 0.2) is 0 Å². The molecule has 2 aromatic carbocycles. The van der Waals surface area contributed by atoms with Crippen LogP contribution in [0.1, 0.15) is 0 Å². The number of carbonyl (C=O) groups is 2. The van der Waals surface area contributed by atoms with E-state index in [-0.39, 0.29) is 23.7 Å². The fraction of sp³-hybridized carbons (Fsp3) is 0. The third-order valence-corrected chi connectivity index (χ3v) is 2.12. The number of urea groups is 1. The average Bonchev–Trinajstić information content (AvgIpc) is 2.42. The second-order valence-electron chi connectivity index (χ2n) is 3.74. The number of amides is 3. The van der Waals surface area contributed by atoms with Crippen LogP contribution in [0.2, 0.25) is 0 Å². The van der Waals surface area contributed by atoms with E-state index >= 15 is 0 Å². The highest BCUT2D eigenvalue weighted by molar-refractivity contribution is 5.95. The molecule has 3 amide bonds. The summed E-state index contributed by atoms with van der Waals surface area (Å²) >= 11 is 0. The predicted octanol–water partition coefficient (Wildman–Crippen LogP) is 2.20. The van der Waals surface area contributed by atoms with Crippen LogP contribution in [0.15, 0.2) is 48.5 Å². The van der Waals surface area contributed by atoms with Crippen LogP contribution in [0.5, 0.6) is 11.5 Å². The van der Waals surface area contributed by atoms with Crippen molar-refractivity contribution in [3.05, 3.63) is 54.3 Å². The Morgan fingerprint density at radius 2 is 1.62 bits per heavy atom. The molecule has 21 heavy (non-hydrogen) atoms. The Morgan fingerprint density at radius 1 is 1.05 bits per heavy atom. The number of carbonyl (C=O) groups excluding carboxylic acids is 2. The van der Waals surface area contributed by atoms with Crippen molar-refractivity contribution in [1.29, 1.82) is 0 Å². The summed E-state index contributed by atoms with van der Waals surface area (Å²) in [5, 5.41) is 21.5. The molecule has 0 bridgehead atoms. The first kappa shape index (κ1) is 16.0. The molecular formula is C14H13FN2O4. The summed E-state index contributed by atoms with van der Waals surface area (Å²) in [5.41, 5.74) is 0.417. The summed E-state index contributed by atoms with van der Waals surface area (Å²) in [6, 6.07) is 10.4. The molecule has 0 fully saturated rings. The van der Waals surface area contributed by atoms with Gasteiger partial charge in [0.25, 0.3) is 0 Å². The molecule has 7 heteroatoms. The van der Waals surface area contributed by atoms with E-state index in [9.17, 15) is 14.0 Å². The van der Waals surface area contributed by atoms with E-state index in [1.807, 2.05) is 5.32 Å². The smallest absolute Gasteiger partial charge is 0.325 e. The summed E-state index contributed by atoms with van der Waals surface area (Å²) in [7, 11) is 0. The van der Waals surface area contributed by atoms with Crippen LogP contribution in [0.4, 0.5) is 14.9 Å². The Morgan fingerprint density at radius 3 is 2.05 bits per heavy atom. The number of nitrogens with one attached hydrogen (secondary N) is 2. The fourth-order valence-electron chi connectivity index (χ4n) is 1.25. The minimum atomic E-state index is -0.651. The highest BCUT2D eigenvalue weighted by Crippen LogP contribution is 2.14. The zero-order chi connectivity index (χ0) is 15.7. The first-order valence-electron chi connectivity index (χ1n) is 5.76. The summed E-state index contributed by atoms with van der Waals surface area (Å²) in [6.45, 7) is 0. The Labute approximate surface area is 119 Å². The summed E-state index contributed by atoms with van der Waals surface area (Å²) in [5.74, 6) is -0.212. The highest BCUT2D eigenvalue weighted by atomic mass is 19.1. The Bertz CT molecular complexity index is 585. The third kappa shape index (κ3) is 6.58. The number of phenols is 2. The van der Waals surface area contributed by atoms with Gasteiger partial charge in [-0.2, -0.15) is 0 Å². The minimum Gasteiger partial charge on any atom is -0.508 e. The van der Waals surface area contributed by atoms with Crippen molar-refractivity contribution in [3.8, 4) is 11.5 Å². The van der Waals surface area contributed by atoms with E-state index in [2.05, 4.69) is 5.32 Å². The van der Waals surface area contributed by atoms with Crippen molar-refractivity contribution in [2.75, 3.05) is 5.32 Å². The van der Waals surface area contributed by atoms with Gasteiger partial charge in [0.05, 0.1) is 0 Å². The molecule has 4 N–H and O–H groups in total. The van der Waals surface area contributed by atoms with Crippen LogP contribution in [-0.4, -0.2) is 22.7 Å². The van der Waals surface area contributed by atoms with Crippen molar-refractivity contribution in [2.24, 2.45) is 0 Å². The van der Waals surface area contributed by atoms with Crippen LogP contribution >= 0.6 is 0 Å². The quantitative estimate of drug-likeness (QED) is 0.638. The lowest BCUT2D eigenvalue weighted by molar-refractivity contribution is -0.108. The number of benzene rings is 2. The van der Waals surface area contributed by atoms with Gasteiger partial charge in [-0.05, 0) is 36.4 Å². The second-order valence-corrected chi connectivity index (χ2v) is 3.74. The number of rotatable bonds is 2. The molecular weight excluding hydrogens is 279 g/mol. The number of anilines is 1. The molecule has 0 aliphatic rings. The Balaban J connectivity index is 0.000000235. The van der Waals surface area contributed by atoms with E-state index in [1.54, 1.807) is 6.07 Å². The predicted molar refractivity (Wildman–Crippen MR) is 74.4 cm³/mol. The molecule has 0 saturated carbocycles. The van der Waals surface area contributed by atoms with Crippen LogP contribution in [0.25, 0.3) is 0 Å². The molecule has 0 atom stereocenters. The second kappa shape index (κ2) is 8.16. The van der Waals surface area contributed by atoms with Crippen LogP contribution in [-0.2, 0) is 4.79 Å². The van der Waals surface area contributed by atoms with Gasteiger partial charge in [-0.1, -0.05) is 6.07 Å². The molecule has 0 unspecified atom stereocenters. The highest BCUT2D eigenvalue weighted by Gasteiger charge is 1.98. The van der Waals surface area contributed by atoms with E-state index in [0.29, 0.717) is 5.69 Å². The average molecular weight is 292 g/mol. The number of imide groups is 1. The van der Waals surface area contributed by atoms with Crippen LogP contribution in [0.3, 0.4) is 0 Å². The minimum absolute atomic E-state index is 0.0880. The van der Waals surface area contributed by atoms with E-state index in [4.69, 9.17) is 10.2 Å². The number of hydrogen-bond donors (Lipinski definition) is 4. The largest absolute Gasteiger partial charge is 0.508 e. The zero-order valence-electron chi connectivity index (χ0n) is 10.8. The number of halogens is 1. The molecule has 0 spiro atoms. The summed E-state index contributed by atoms with van der Waals surface area (Å²) in [4.78, 5) is 20.6. The standard InChI is InChI=1S/C8H7FN2O2.C6H6O2/c9-6-1-3-7(4-2-6)11-8(13)10-5-12;7-5-2-1-3-6(8)4-5/h1-5H,(H2,10,11,12,13);1-4,7-8H. The fourth-order valence-corrected chi connectivity index (χ4v) is 1.25. The first-order valence-corrected chi connectivity index (χ1v) is 5.76. The summed E-state index contributed by atoms with van der Waals surface area (Å²) < 4.78 is 12.4. The molecule has 2 rings (SSSR count). The molecule has 0 aliphatic heterocycles. The maximum absolute atomic E-state index is 12.4. The van der Waals surface area contributed by atoms with Gasteiger partial charge >= 0.3 is 6.03 Å². The molecule has 0 heterocycles. The molecule has 6 nitrogen and oxygen atoms in total. The van der Waals surface area contributed by atoms with Gasteiger partial charge < -0.3 is 15.5 Å². The van der Waals surface area contributed by atoms with Crippen molar-refractivity contribution in [2.45, 2.75) is 0 Å². The van der Waals surface area contributed by atoms with Crippen LogP contribution in [0, 0.1) is 5.82 Å². The topological polar surface area (TPSA) is 98.7 Å².